The lowest BCUT2D eigenvalue weighted by atomic mass is 10.1. The zero-order valence-electron chi connectivity index (χ0n) is 13.0. The molecule has 2 rings (SSSR count). The number of amides is 1. The van der Waals surface area contributed by atoms with Crippen molar-refractivity contribution in [3.63, 3.8) is 0 Å². The summed E-state index contributed by atoms with van der Waals surface area (Å²) < 4.78 is 2.63. The van der Waals surface area contributed by atoms with Gasteiger partial charge in [-0.3, -0.25) is 19.6 Å². The van der Waals surface area contributed by atoms with Crippen LogP contribution in [0, 0.1) is 35.3 Å². The molecule has 9 heteroatoms. The fourth-order valence-electron chi connectivity index (χ4n) is 2.16. The lowest BCUT2D eigenvalue weighted by Crippen LogP contribution is -2.16. The van der Waals surface area contributed by atoms with Crippen molar-refractivity contribution >= 4 is 33.2 Å². The molecule has 0 aliphatic heterocycles. The second kappa shape index (κ2) is 7.23. The number of nitro benzene ring substituents is 1. The molecule has 1 aromatic carbocycles. The highest BCUT2D eigenvalue weighted by Crippen LogP contribution is 2.22. The number of nitriles is 1. The van der Waals surface area contributed by atoms with Crippen molar-refractivity contribution in [2.45, 2.75) is 26.8 Å². The Morgan fingerprint density at radius 1 is 1.50 bits per heavy atom. The monoisotopic (exact) mass is 391 g/mol. The van der Waals surface area contributed by atoms with Gasteiger partial charge in [0.05, 0.1) is 32.9 Å². The Balaban J connectivity index is 2.06. The van der Waals surface area contributed by atoms with Crippen molar-refractivity contribution in [3.05, 3.63) is 49.7 Å². The van der Waals surface area contributed by atoms with Gasteiger partial charge in [-0.05, 0) is 35.8 Å². The smallest absolute Gasteiger partial charge is 0.270 e. The lowest BCUT2D eigenvalue weighted by Gasteiger charge is -2.08. The molecule has 0 fully saturated rings. The first kappa shape index (κ1) is 17.6. The van der Waals surface area contributed by atoms with E-state index in [4.69, 9.17) is 5.26 Å². The Hall–Kier alpha value is -2.73. The van der Waals surface area contributed by atoms with Gasteiger partial charge in [-0.25, -0.2) is 0 Å². The first-order valence-electron chi connectivity index (χ1n) is 7.01. The van der Waals surface area contributed by atoms with E-state index in [2.05, 4.69) is 26.3 Å². The fraction of sp³-hybridized carbons (Fsp3) is 0.267. The van der Waals surface area contributed by atoms with Gasteiger partial charge >= 0.3 is 0 Å². The molecule has 0 unspecified atom stereocenters. The van der Waals surface area contributed by atoms with Gasteiger partial charge in [0, 0.05) is 24.2 Å². The highest BCUT2D eigenvalue weighted by atomic mass is 79.9. The largest absolute Gasteiger partial charge is 0.325 e. The number of carbonyl (C=O) groups excluding carboxylic acids is 1. The van der Waals surface area contributed by atoms with E-state index < -0.39 is 4.92 Å². The van der Waals surface area contributed by atoms with Crippen LogP contribution in [0.3, 0.4) is 0 Å². The third kappa shape index (κ3) is 3.78. The molecule has 0 atom stereocenters. The number of hydrogen-bond acceptors (Lipinski definition) is 5. The third-order valence-electron chi connectivity index (χ3n) is 3.45. The first-order valence-corrected chi connectivity index (χ1v) is 7.80. The van der Waals surface area contributed by atoms with E-state index in [-0.39, 0.29) is 29.3 Å². The molecule has 0 aliphatic rings. The summed E-state index contributed by atoms with van der Waals surface area (Å²) in [6.45, 7) is 4.15. The average molecular weight is 392 g/mol. The summed E-state index contributed by atoms with van der Waals surface area (Å²) >= 11 is 3.42. The Morgan fingerprint density at radius 2 is 2.21 bits per heavy atom. The number of nitrogens with zero attached hydrogens (tertiary/aromatic N) is 4. The maximum atomic E-state index is 12.1. The molecule has 0 saturated carbocycles. The molecule has 1 N–H and O–H groups in total. The molecule has 24 heavy (non-hydrogen) atoms. The van der Waals surface area contributed by atoms with E-state index >= 15 is 0 Å². The van der Waals surface area contributed by atoms with Crippen LogP contribution in [0.1, 0.15) is 23.4 Å². The minimum absolute atomic E-state index is 0.0476. The SMILES string of the molecule is Cc1nn(CCC(=O)Nc2ccc([N+](=O)[O-])cc2C#N)c(C)c1Br. The summed E-state index contributed by atoms with van der Waals surface area (Å²) in [5.74, 6) is -0.302. The molecule has 1 heterocycles. The molecule has 0 spiro atoms. The summed E-state index contributed by atoms with van der Waals surface area (Å²) in [4.78, 5) is 22.2. The number of aromatic nitrogens is 2. The van der Waals surface area contributed by atoms with Crippen molar-refractivity contribution in [2.24, 2.45) is 0 Å². The van der Waals surface area contributed by atoms with E-state index in [0.29, 0.717) is 6.54 Å². The highest BCUT2D eigenvalue weighted by Gasteiger charge is 2.14. The molecule has 0 radical (unpaired) electrons. The molecule has 0 bridgehead atoms. The van der Waals surface area contributed by atoms with Crippen LogP contribution in [0.2, 0.25) is 0 Å². The fourth-order valence-corrected chi connectivity index (χ4v) is 2.44. The zero-order valence-corrected chi connectivity index (χ0v) is 14.6. The molecule has 1 aromatic heterocycles. The number of rotatable bonds is 5. The standard InChI is InChI=1S/C15H14BrN5O3/c1-9-15(16)10(2)20(19-9)6-5-14(22)18-13-4-3-12(21(23)24)7-11(13)8-17/h3-4,7H,5-6H2,1-2H3,(H,18,22). The van der Waals surface area contributed by atoms with Crippen LogP contribution in [0.15, 0.2) is 22.7 Å². The predicted octanol–water partition coefficient (Wildman–Crippen LogP) is 3.07. The lowest BCUT2D eigenvalue weighted by molar-refractivity contribution is -0.384. The van der Waals surface area contributed by atoms with Crippen LogP contribution < -0.4 is 5.32 Å². The van der Waals surface area contributed by atoms with Gasteiger partial charge in [0.15, 0.2) is 0 Å². The third-order valence-corrected chi connectivity index (χ3v) is 4.60. The molecule has 0 saturated heterocycles. The Morgan fingerprint density at radius 3 is 2.75 bits per heavy atom. The molecule has 2 aromatic rings. The van der Waals surface area contributed by atoms with Crippen LogP contribution in [-0.2, 0) is 11.3 Å². The summed E-state index contributed by atoms with van der Waals surface area (Å²) in [5.41, 5.74) is 1.87. The number of hydrogen-bond donors (Lipinski definition) is 1. The van der Waals surface area contributed by atoms with Crippen LogP contribution in [0.25, 0.3) is 0 Å². The molecule has 0 aliphatic carbocycles. The number of non-ortho nitro benzene ring substituents is 1. The normalized spacial score (nSPS) is 10.2. The zero-order chi connectivity index (χ0) is 17.9. The highest BCUT2D eigenvalue weighted by molar-refractivity contribution is 9.10. The van der Waals surface area contributed by atoms with Crippen molar-refractivity contribution < 1.29 is 9.72 Å². The van der Waals surface area contributed by atoms with Gasteiger partial charge in [-0.15, -0.1) is 0 Å². The first-order chi connectivity index (χ1) is 11.3. The average Bonchev–Trinajstić information content (AvgIpc) is 2.80. The van der Waals surface area contributed by atoms with Gasteiger partial charge in [0.2, 0.25) is 5.91 Å². The van der Waals surface area contributed by atoms with Crippen molar-refractivity contribution in [1.29, 1.82) is 5.26 Å². The number of carbonyl (C=O) groups is 1. The minimum atomic E-state index is -0.590. The Bertz CT molecular complexity index is 854. The summed E-state index contributed by atoms with van der Waals surface area (Å²) in [5, 5.41) is 26.7. The number of benzene rings is 1. The van der Waals surface area contributed by atoms with Crippen molar-refractivity contribution in [2.75, 3.05) is 5.32 Å². The van der Waals surface area contributed by atoms with Gasteiger partial charge in [0.1, 0.15) is 6.07 Å². The number of halogens is 1. The summed E-state index contributed by atoms with van der Waals surface area (Å²) in [7, 11) is 0. The van der Waals surface area contributed by atoms with E-state index in [1.165, 1.54) is 12.1 Å². The van der Waals surface area contributed by atoms with E-state index in [9.17, 15) is 14.9 Å². The maximum absolute atomic E-state index is 12.1. The van der Waals surface area contributed by atoms with Crippen LogP contribution >= 0.6 is 15.9 Å². The number of anilines is 1. The molecular formula is C15H14BrN5O3. The maximum Gasteiger partial charge on any atom is 0.270 e. The van der Waals surface area contributed by atoms with Crippen molar-refractivity contribution in [3.8, 4) is 6.07 Å². The van der Waals surface area contributed by atoms with Crippen LogP contribution in [0.5, 0.6) is 0 Å². The Kier molecular flexibility index (Phi) is 5.31. The number of nitrogens with one attached hydrogen (secondary N) is 1. The number of aryl methyl sites for hydroxylation is 2. The van der Waals surface area contributed by atoms with Gasteiger partial charge in [0.25, 0.3) is 5.69 Å². The van der Waals surface area contributed by atoms with Crippen LogP contribution in [-0.4, -0.2) is 20.6 Å². The van der Waals surface area contributed by atoms with Gasteiger partial charge in [-0.2, -0.15) is 10.4 Å². The molecular weight excluding hydrogens is 378 g/mol. The minimum Gasteiger partial charge on any atom is -0.325 e. The quantitative estimate of drug-likeness (QED) is 0.621. The number of nitro groups is 1. The predicted molar refractivity (Wildman–Crippen MR) is 90.5 cm³/mol. The van der Waals surface area contributed by atoms with Crippen molar-refractivity contribution in [1.82, 2.24) is 9.78 Å². The Labute approximate surface area is 146 Å². The second-order valence-corrected chi connectivity index (χ2v) is 5.90. The van der Waals surface area contributed by atoms with Gasteiger partial charge in [-0.1, -0.05) is 0 Å². The van der Waals surface area contributed by atoms with E-state index in [0.717, 1.165) is 21.9 Å². The van der Waals surface area contributed by atoms with E-state index in [1.807, 2.05) is 19.9 Å². The second-order valence-electron chi connectivity index (χ2n) is 5.10. The summed E-state index contributed by atoms with van der Waals surface area (Å²) in [6.07, 6.45) is 0.163. The molecule has 8 nitrogen and oxygen atoms in total. The summed E-state index contributed by atoms with van der Waals surface area (Å²) in [6, 6.07) is 5.58. The van der Waals surface area contributed by atoms with Gasteiger partial charge < -0.3 is 5.32 Å². The van der Waals surface area contributed by atoms with E-state index in [1.54, 1.807) is 4.68 Å². The molecule has 1 amide bonds. The topological polar surface area (TPSA) is 114 Å². The molecule has 124 valence electrons. The van der Waals surface area contributed by atoms with Crippen LogP contribution in [0.4, 0.5) is 11.4 Å².